The number of hydrogen-bond donors (Lipinski definition) is 0. The predicted octanol–water partition coefficient (Wildman–Crippen LogP) is 4.74. The molecule has 2 rings (SSSR count). The van der Waals surface area contributed by atoms with Crippen LogP contribution in [0, 0.1) is 0 Å². The van der Waals surface area contributed by atoms with E-state index >= 15 is 0 Å². The van der Waals surface area contributed by atoms with Crippen molar-refractivity contribution in [3.63, 3.8) is 0 Å². The van der Waals surface area contributed by atoms with Crippen molar-refractivity contribution in [3.8, 4) is 11.5 Å². The van der Waals surface area contributed by atoms with Gasteiger partial charge in [-0.15, -0.1) is 0 Å². The first-order chi connectivity index (χ1) is 12.5. The molecule has 0 fully saturated rings. The van der Waals surface area contributed by atoms with Gasteiger partial charge in [0.05, 0.1) is 7.11 Å². The minimum absolute atomic E-state index is 0.00993. The highest BCUT2D eigenvalue weighted by Gasteiger charge is 2.22. The van der Waals surface area contributed by atoms with Crippen molar-refractivity contribution in [2.45, 2.75) is 39.5 Å². The third-order valence-corrected chi connectivity index (χ3v) is 4.21. The zero-order valence-corrected chi connectivity index (χ0v) is 15.1. The van der Waals surface area contributed by atoms with Crippen LogP contribution in [0.5, 0.6) is 11.5 Å². The lowest BCUT2D eigenvalue weighted by molar-refractivity contribution is -0.0512. The number of hydrogen-bond acceptors (Lipinski definition) is 3. The number of nitrogens with zero attached hydrogens (tertiary/aromatic N) is 1. The molecule has 0 N–H and O–H groups in total. The molecule has 26 heavy (non-hydrogen) atoms. The zero-order valence-electron chi connectivity index (χ0n) is 15.1. The molecule has 0 aliphatic rings. The Morgan fingerprint density at radius 2 is 1.81 bits per heavy atom. The van der Waals surface area contributed by atoms with E-state index in [9.17, 15) is 13.6 Å². The molecular formula is C20H23F2NO3. The third-order valence-electron chi connectivity index (χ3n) is 4.21. The van der Waals surface area contributed by atoms with Crippen LogP contribution in [0.1, 0.15) is 36.2 Å². The average Bonchev–Trinajstić information content (AvgIpc) is 2.65. The van der Waals surface area contributed by atoms with Crippen LogP contribution in [-0.2, 0) is 6.54 Å². The van der Waals surface area contributed by atoms with E-state index in [4.69, 9.17) is 4.74 Å². The second kappa shape index (κ2) is 9.17. The smallest absolute Gasteiger partial charge is 0.387 e. The maximum absolute atomic E-state index is 13.0. The Bertz CT molecular complexity index is 722. The van der Waals surface area contributed by atoms with Crippen LogP contribution in [0.3, 0.4) is 0 Å². The monoisotopic (exact) mass is 363 g/mol. The molecule has 0 heterocycles. The van der Waals surface area contributed by atoms with Crippen LogP contribution in [0.2, 0.25) is 0 Å². The summed E-state index contributed by atoms with van der Waals surface area (Å²) in [6.07, 6.45) is 0.773. The van der Waals surface area contributed by atoms with E-state index in [1.165, 1.54) is 19.2 Å². The standard InChI is InChI=1S/C20H23F2NO3/c1-4-14(2)23(13-15-8-6-5-7-9-15)19(24)16-10-11-17(25-3)18(12-16)26-20(21)22/h5-12,14,20H,4,13H2,1-3H3. The van der Waals surface area contributed by atoms with Gasteiger partial charge in [0, 0.05) is 18.2 Å². The van der Waals surface area contributed by atoms with Crippen molar-refractivity contribution in [3.05, 3.63) is 59.7 Å². The molecule has 0 aliphatic carbocycles. The second-order valence-corrected chi connectivity index (χ2v) is 5.92. The molecule has 1 amide bonds. The minimum atomic E-state index is -3.00. The van der Waals surface area contributed by atoms with Crippen molar-refractivity contribution in [2.75, 3.05) is 7.11 Å². The number of halogens is 2. The van der Waals surface area contributed by atoms with Gasteiger partial charge >= 0.3 is 6.61 Å². The van der Waals surface area contributed by atoms with Gasteiger partial charge in [-0.05, 0) is 37.1 Å². The average molecular weight is 363 g/mol. The minimum Gasteiger partial charge on any atom is -0.493 e. The summed E-state index contributed by atoms with van der Waals surface area (Å²) >= 11 is 0. The number of benzene rings is 2. The molecule has 0 saturated heterocycles. The van der Waals surface area contributed by atoms with E-state index in [0.29, 0.717) is 6.54 Å². The Balaban J connectivity index is 2.32. The van der Waals surface area contributed by atoms with Crippen molar-refractivity contribution in [2.24, 2.45) is 0 Å². The van der Waals surface area contributed by atoms with Gasteiger partial charge in [-0.2, -0.15) is 8.78 Å². The summed E-state index contributed by atoms with van der Waals surface area (Å²) in [7, 11) is 1.36. The molecule has 140 valence electrons. The SMILES string of the molecule is CCC(C)N(Cc1ccccc1)C(=O)c1ccc(OC)c(OC(F)F)c1. The Hall–Kier alpha value is -2.63. The zero-order chi connectivity index (χ0) is 19.1. The summed E-state index contributed by atoms with van der Waals surface area (Å²) in [5.74, 6) is -0.248. The first kappa shape index (κ1) is 19.7. The Labute approximate surface area is 152 Å². The largest absolute Gasteiger partial charge is 0.493 e. The Morgan fingerprint density at radius 3 is 2.38 bits per heavy atom. The van der Waals surface area contributed by atoms with E-state index in [-0.39, 0.29) is 29.0 Å². The van der Waals surface area contributed by atoms with Gasteiger partial charge in [-0.3, -0.25) is 4.79 Å². The lowest BCUT2D eigenvalue weighted by Gasteiger charge is -2.29. The first-order valence-corrected chi connectivity index (χ1v) is 8.44. The van der Waals surface area contributed by atoms with Crippen molar-refractivity contribution in [1.29, 1.82) is 0 Å². The molecule has 0 bridgehead atoms. The highest BCUT2D eigenvalue weighted by molar-refractivity contribution is 5.95. The normalized spacial score (nSPS) is 11.9. The number of carbonyl (C=O) groups excluding carboxylic acids is 1. The fraction of sp³-hybridized carbons (Fsp3) is 0.350. The Kier molecular flexibility index (Phi) is 6.95. The summed E-state index contributed by atoms with van der Waals surface area (Å²) in [4.78, 5) is 14.8. The highest BCUT2D eigenvalue weighted by atomic mass is 19.3. The molecule has 1 unspecified atom stereocenters. The number of amides is 1. The van der Waals surface area contributed by atoms with Crippen LogP contribution in [-0.4, -0.2) is 30.6 Å². The molecule has 0 aliphatic heterocycles. The lowest BCUT2D eigenvalue weighted by Crippen LogP contribution is -2.37. The first-order valence-electron chi connectivity index (χ1n) is 8.44. The quantitative estimate of drug-likeness (QED) is 0.680. The van der Waals surface area contributed by atoms with Crippen LogP contribution >= 0.6 is 0 Å². The maximum Gasteiger partial charge on any atom is 0.387 e. The number of carbonyl (C=O) groups is 1. The molecular weight excluding hydrogens is 340 g/mol. The molecule has 2 aromatic carbocycles. The number of alkyl halides is 2. The van der Waals surface area contributed by atoms with Crippen molar-refractivity contribution >= 4 is 5.91 Å². The summed E-state index contributed by atoms with van der Waals surface area (Å²) in [5, 5.41) is 0. The number of rotatable bonds is 8. The van der Waals surface area contributed by atoms with Gasteiger partial charge in [0.15, 0.2) is 11.5 Å². The van der Waals surface area contributed by atoms with E-state index in [2.05, 4.69) is 4.74 Å². The Morgan fingerprint density at radius 1 is 1.12 bits per heavy atom. The summed E-state index contributed by atoms with van der Waals surface area (Å²) < 4.78 is 34.8. The highest BCUT2D eigenvalue weighted by Crippen LogP contribution is 2.30. The second-order valence-electron chi connectivity index (χ2n) is 5.92. The van der Waals surface area contributed by atoms with Gasteiger partial charge in [-0.1, -0.05) is 37.3 Å². The van der Waals surface area contributed by atoms with Gasteiger partial charge in [-0.25, -0.2) is 0 Å². The van der Waals surface area contributed by atoms with Crippen molar-refractivity contribution in [1.82, 2.24) is 4.90 Å². The van der Waals surface area contributed by atoms with E-state index in [1.807, 2.05) is 44.2 Å². The van der Waals surface area contributed by atoms with Gasteiger partial charge in [0.2, 0.25) is 0 Å². The predicted molar refractivity (Wildman–Crippen MR) is 95.7 cm³/mol. The lowest BCUT2D eigenvalue weighted by atomic mass is 10.1. The van der Waals surface area contributed by atoms with E-state index in [0.717, 1.165) is 12.0 Å². The molecule has 4 nitrogen and oxygen atoms in total. The number of methoxy groups -OCH3 is 1. The maximum atomic E-state index is 13.0. The van der Waals surface area contributed by atoms with Gasteiger partial charge < -0.3 is 14.4 Å². The molecule has 0 saturated carbocycles. The molecule has 2 aromatic rings. The van der Waals surface area contributed by atoms with Gasteiger partial charge in [0.1, 0.15) is 0 Å². The van der Waals surface area contributed by atoms with Crippen LogP contribution in [0.15, 0.2) is 48.5 Å². The van der Waals surface area contributed by atoms with Gasteiger partial charge in [0.25, 0.3) is 5.91 Å². The molecule has 0 spiro atoms. The van der Waals surface area contributed by atoms with Crippen LogP contribution < -0.4 is 9.47 Å². The van der Waals surface area contributed by atoms with E-state index < -0.39 is 6.61 Å². The van der Waals surface area contributed by atoms with Crippen LogP contribution in [0.25, 0.3) is 0 Å². The third kappa shape index (κ3) is 4.94. The number of ether oxygens (including phenoxy) is 2. The fourth-order valence-corrected chi connectivity index (χ4v) is 2.59. The molecule has 0 aromatic heterocycles. The summed E-state index contributed by atoms with van der Waals surface area (Å²) in [6, 6.07) is 13.9. The molecule has 1 atom stereocenters. The molecule has 0 radical (unpaired) electrons. The van der Waals surface area contributed by atoms with Crippen LogP contribution in [0.4, 0.5) is 8.78 Å². The summed E-state index contributed by atoms with van der Waals surface area (Å²) in [5.41, 5.74) is 1.27. The summed E-state index contributed by atoms with van der Waals surface area (Å²) in [6.45, 7) is 1.39. The molecule has 6 heteroatoms. The van der Waals surface area contributed by atoms with Crippen molar-refractivity contribution < 1.29 is 23.0 Å². The van der Waals surface area contributed by atoms with E-state index in [1.54, 1.807) is 11.0 Å². The fourth-order valence-electron chi connectivity index (χ4n) is 2.59. The topological polar surface area (TPSA) is 38.8 Å².